The van der Waals surface area contributed by atoms with E-state index in [1.165, 1.54) is 0 Å². The molecule has 4 heteroatoms. The Morgan fingerprint density at radius 1 is 1.47 bits per heavy atom. The molecular weight excluding hydrogens is 306 g/mol. The average Bonchev–Trinajstić information content (AvgIpc) is 2.87. The highest BCUT2D eigenvalue weighted by molar-refractivity contribution is 9.10. The smallest absolute Gasteiger partial charge is 0.246 e. The Labute approximate surface area is 122 Å². The van der Waals surface area contributed by atoms with E-state index < -0.39 is 0 Å². The van der Waals surface area contributed by atoms with Crippen molar-refractivity contribution in [1.82, 2.24) is 4.90 Å². The molecule has 3 nitrogen and oxygen atoms in total. The third kappa shape index (κ3) is 3.91. The number of aliphatic hydroxyl groups is 1. The van der Waals surface area contributed by atoms with Gasteiger partial charge in [0.1, 0.15) is 0 Å². The standard InChI is InChI=1S/C15H18BrNO2/c1-11(18)13-8-9-17(10-13)15(19)7-4-12-2-5-14(16)6-3-12/h2-7,11,13,18H,8-10H2,1H3/b7-4+. The van der Waals surface area contributed by atoms with Crippen molar-refractivity contribution in [3.05, 3.63) is 40.4 Å². The molecule has 1 fully saturated rings. The van der Waals surface area contributed by atoms with Crippen LogP contribution in [0.1, 0.15) is 18.9 Å². The zero-order valence-corrected chi connectivity index (χ0v) is 12.5. The monoisotopic (exact) mass is 323 g/mol. The average molecular weight is 324 g/mol. The number of carbonyl (C=O) groups excluding carboxylic acids is 1. The van der Waals surface area contributed by atoms with E-state index in [1.807, 2.05) is 30.3 Å². The molecule has 1 saturated heterocycles. The van der Waals surface area contributed by atoms with Crippen LogP contribution in [0.4, 0.5) is 0 Å². The van der Waals surface area contributed by atoms with E-state index in [0.717, 1.165) is 23.0 Å². The van der Waals surface area contributed by atoms with Gasteiger partial charge < -0.3 is 10.0 Å². The zero-order chi connectivity index (χ0) is 13.8. The van der Waals surface area contributed by atoms with Crippen LogP contribution in [-0.2, 0) is 4.79 Å². The second-order valence-corrected chi connectivity index (χ2v) is 5.87. The third-order valence-electron chi connectivity index (χ3n) is 3.51. The molecule has 19 heavy (non-hydrogen) atoms. The van der Waals surface area contributed by atoms with E-state index in [9.17, 15) is 9.90 Å². The minimum atomic E-state index is -0.340. The molecule has 0 aliphatic carbocycles. The van der Waals surface area contributed by atoms with Gasteiger partial charge in [0.15, 0.2) is 0 Å². The van der Waals surface area contributed by atoms with Gasteiger partial charge in [0, 0.05) is 29.6 Å². The summed E-state index contributed by atoms with van der Waals surface area (Å²) in [5.74, 6) is 0.232. The summed E-state index contributed by atoms with van der Waals surface area (Å²) in [5.41, 5.74) is 1.00. The Bertz CT molecular complexity index is 468. The number of halogens is 1. The molecular formula is C15H18BrNO2. The molecule has 1 N–H and O–H groups in total. The maximum atomic E-state index is 12.0. The van der Waals surface area contributed by atoms with E-state index in [-0.39, 0.29) is 17.9 Å². The lowest BCUT2D eigenvalue weighted by Crippen LogP contribution is -2.28. The Kier molecular flexibility index (Phi) is 4.77. The SMILES string of the molecule is CC(O)C1CCN(C(=O)/C=C/c2ccc(Br)cc2)C1. The first-order valence-corrected chi connectivity index (χ1v) is 7.26. The van der Waals surface area contributed by atoms with Crippen LogP contribution in [0.25, 0.3) is 6.08 Å². The molecule has 0 aromatic heterocycles. The highest BCUT2D eigenvalue weighted by Crippen LogP contribution is 2.20. The van der Waals surface area contributed by atoms with E-state index in [1.54, 1.807) is 17.9 Å². The van der Waals surface area contributed by atoms with Crippen LogP contribution in [0, 0.1) is 5.92 Å². The largest absolute Gasteiger partial charge is 0.393 e. The molecule has 102 valence electrons. The summed E-state index contributed by atoms with van der Waals surface area (Å²) in [6, 6.07) is 7.81. The van der Waals surface area contributed by atoms with Crippen LogP contribution in [0.15, 0.2) is 34.8 Å². The summed E-state index contributed by atoms with van der Waals surface area (Å²) in [6.45, 7) is 3.18. The molecule has 0 saturated carbocycles. The van der Waals surface area contributed by atoms with Crippen molar-refractivity contribution < 1.29 is 9.90 Å². The minimum Gasteiger partial charge on any atom is -0.393 e. The van der Waals surface area contributed by atoms with Gasteiger partial charge in [-0.15, -0.1) is 0 Å². The van der Waals surface area contributed by atoms with Crippen LogP contribution >= 0.6 is 15.9 Å². The highest BCUT2D eigenvalue weighted by atomic mass is 79.9. The molecule has 1 heterocycles. The molecule has 2 atom stereocenters. The topological polar surface area (TPSA) is 40.5 Å². The molecule has 2 rings (SSSR count). The fourth-order valence-electron chi connectivity index (χ4n) is 2.23. The normalized spacial score (nSPS) is 21.0. The molecule has 1 aromatic rings. The van der Waals surface area contributed by atoms with Crippen molar-refractivity contribution in [2.24, 2.45) is 5.92 Å². The molecule has 1 aliphatic rings. The van der Waals surface area contributed by atoms with E-state index in [2.05, 4.69) is 15.9 Å². The lowest BCUT2D eigenvalue weighted by atomic mass is 10.0. The van der Waals surface area contributed by atoms with E-state index in [0.29, 0.717) is 6.54 Å². The van der Waals surface area contributed by atoms with Gasteiger partial charge in [-0.2, -0.15) is 0 Å². The Morgan fingerprint density at radius 3 is 2.74 bits per heavy atom. The second kappa shape index (κ2) is 6.35. The number of rotatable bonds is 3. The van der Waals surface area contributed by atoms with E-state index >= 15 is 0 Å². The second-order valence-electron chi connectivity index (χ2n) is 4.96. The summed E-state index contributed by atoms with van der Waals surface area (Å²) in [7, 11) is 0. The summed E-state index contributed by atoms with van der Waals surface area (Å²) >= 11 is 3.38. The van der Waals surface area contributed by atoms with Crippen molar-refractivity contribution in [1.29, 1.82) is 0 Å². The van der Waals surface area contributed by atoms with Gasteiger partial charge in [0.25, 0.3) is 0 Å². The number of amides is 1. The highest BCUT2D eigenvalue weighted by Gasteiger charge is 2.27. The molecule has 1 amide bonds. The van der Waals surface area contributed by atoms with Crippen molar-refractivity contribution in [2.75, 3.05) is 13.1 Å². The first kappa shape index (κ1) is 14.3. The first-order valence-electron chi connectivity index (χ1n) is 6.47. The predicted octanol–water partition coefficient (Wildman–Crippen LogP) is 2.69. The Balaban J connectivity index is 1.93. The van der Waals surface area contributed by atoms with Crippen LogP contribution < -0.4 is 0 Å². The fourth-order valence-corrected chi connectivity index (χ4v) is 2.49. The van der Waals surface area contributed by atoms with Crippen LogP contribution in [0.5, 0.6) is 0 Å². The summed E-state index contributed by atoms with van der Waals surface area (Å²) in [6.07, 6.45) is 3.97. The molecule has 1 aliphatic heterocycles. The predicted molar refractivity (Wildman–Crippen MR) is 79.5 cm³/mol. The maximum absolute atomic E-state index is 12.0. The summed E-state index contributed by atoms with van der Waals surface area (Å²) in [4.78, 5) is 13.8. The van der Waals surface area contributed by atoms with E-state index in [4.69, 9.17) is 0 Å². The maximum Gasteiger partial charge on any atom is 0.246 e. The van der Waals surface area contributed by atoms with Gasteiger partial charge in [-0.05, 0) is 37.1 Å². The van der Waals surface area contributed by atoms with Crippen molar-refractivity contribution in [3.8, 4) is 0 Å². The van der Waals surface area contributed by atoms with Gasteiger partial charge in [-0.25, -0.2) is 0 Å². The lowest BCUT2D eigenvalue weighted by Gasteiger charge is -2.15. The molecule has 0 bridgehead atoms. The Morgan fingerprint density at radius 2 is 2.16 bits per heavy atom. The number of benzene rings is 1. The first-order chi connectivity index (χ1) is 9.06. The molecule has 2 unspecified atom stereocenters. The zero-order valence-electron chi connectivity index (χ0n) is 10.9. The molecule has 0 spiro atoms. The minimum absolute atomic E-state index is 0.0195. The number of likely N-dealkylation sites (tertiary alicyclic amines) is 1. The third-order valence-corrected chi connectivity index (χ3v) is 4.04. The van der Waals surface area contributed by atoms with Gasteiger partial charge >= 0.3 is 0 Å². The number of hydrogen-bond donors (Lipinski definition) is 1. The van der Waals surface area contributed by atoms with Gasteiger partial charge in [0.05, 0.1) is 6.10 Å². The number of nitrogens with zero attached hydrogens (tertiary/aromatic N) is 1. The fraction of sp³-hybridized carbons (Fsp3) is 0.400. The van der Waals surface area contributed by atoms with Gasteiger partial charge in [-0.1, -0.05) is 28.1 Å². The molecule has 0 radical (unpaired) electrons. The van der Waals surface area contributed by atoms with Crippen molar-refractivity contribution in [3.63, 3.8) is 0 Å². The Hall–Kier alpha value is -1.13. The number of aliphatic hydroxyl groups excluding tert-OH is 1. The van der Waals surface area contributed by atoms with Crippen molar-refractivity contribution >= 4 is 27.9 Å². The van der Waals surface area contributed by atoms with Gasteiger partial charge in [-0.3, -0.25) is 4.79 Å². The summed E-state index contributed by atoms with van der Waals surface area (Å²) in [5, 5.41) is 9.53. The van der Waals surface area contributed by atoms with Crippen LogP contribution in [0.2, 0.25) is 0 Å². The quantitative estimate of drug-likeness (QED) is 0.869. The van der Waals surface area contributed by atoms with Crippen molar-refractivity contribution in [2.45, 2.75) is 19.4 Å². The lowest BCUT2D eigenvalue weighted by molar-refractivity contribution is -0.125. The van der Waals surface area contributed by atoms with Crippen LogP contribution in [0.3, 0.4) is 0 Å². The van der Waals surface area contributed by atoms with Crippen LogP contribution in [-0.4, -0.2) is 35.1 Å². The number of hydrogen-bond acceptors (Lipinski definition) is 2. The summed E-state index contributed by atoms with van der Waals surface area (Å²) < 4.78 is 1.02. The molecule has 1 aromatic carbocycles. The number of carbonyl (C=O) groups is 1. The van der Waals surface area contributed by atoms with Gasteiger partial charge in [0.2, 0.25) is 5.91 Å².